The number of alkyl halides is 13. The van der Waals surface area contributed by atoms with Crippen molar-refractivity contribution in [2.45, 2.75) is 68.0 Å². The van der Waals surface area contributed by atoms with E-state index in [1.807, 2.05) is 5.32 Å². The summed E-state index contributed by atoms with van der Waals surface area (Å²) in [5.41, 5.74) is -1.72. The molecule has 222 valence electrons. The highest BCUT2D eigenvalue weighted by Crippen LogP contribution is 2.60. The van der Waals surface area contributed by atoms with Gasteiger partial charge in [0.05, 0.1) is 22.8 Å². The van der Waals surface area contributed by atoms with Crippen LogP contribution >= 0.6 is 0 Å². The SMILES string of the molecule is CC(C)(CS(=O)(=O)O)NC(=O)CCS(=O)(=O)CCC(F)(F)C(F)(F)C(F)(F)C(F)(F)C(F)(F)C(F)(F)F. The quantitative estimate of drug-likeness (QED) is 0.240. The maximum atomic E-state index is 13.7. The van der Waals surface area contributed by atoms with Gasteiger partial charge >= 0.3 is 35.8 Å². The van der Waals surface area contributed by atoms with Crippen molar-refractivity contribution in [2.24, 2.45) is 0 Å². The van der Waals surface area contributed by atoms with Gasteiger partial charge in [0.1, 0.15) is 0 Å². The molecule has 7 nitrogen and oxygen atoms in total. The third kappa shape index (κ3) is 7.96. The Kier molecular flexibility index (Phi) is 9.76. The lowest BCUT2D eigenvalue weighted by Crippen LogP contribution is -2.70. The van der Waals surface area contributed by atoms with E-state index >= 15 is 0 Å². The summed E-state index contributed by atoms with van der Waals surface area (Å²) >= 11 is 0. The molecule has 2 N–H and O–H groups in total. The first-order valence-corrected chi connectivity index (χ1v) is 12.6. The second-order valence-electron chi connectivity index (χ2n) is 8.31. The van der Waals surface area contributed by atoms with Crippen molar-refractivity contribution in [2.75, 3.05) is 17.3 Å². The second-order valence-corrected chi connectivity index (χ2v) is 12.1. The van der Waals surface area contributed by atoms with Crippen molar-refractivity contribution in [1.82, 2.24) is 5.32 Å². The molecule has 0 saturated heterocycles. The van der Waals surface area contributed by atoms with E-state index in [9.17, 15) is 78.7 Å². The highest BCUT2D eigenvalue weighted by Gasteiger charge is 2.90. The molecule has 22 heteroatoms. The molecule has 0 aliphatic rings. The monoisotopic (exact) mass is 619 g/mol. The van der Waals surface area contributed by atoms with Crippen LogP contribution in [0.15, 0.2) is 0 Å². The Morgan fingerprint density at radius 3 is 1.49 bits per heavy atom. The number of nitrogens with one attached hydrogen (secondary N) is 1. The van der Waals surface area contributed by atoms with Crippen molar-refractivity contribution in [3.8, 4) is 0 Å². The summed E-state index contributed by atoms with van der Waals surface area (Å²) < 4.78 is 223. The average molecular weight is 619 g/mol. The topological polar surface area (TPSA) is 118 Å². The first kappa shape index (κ1) is 35.4. The van der Waals surface area contributed by atoms with E-state index in [1.54, 1.807) is 0 Å². The van der Waals surface area contributed by atoms with Crippen LogP contribution in [0.3, 0.4) is 0 Å². The lowest BCUT2D eigenvalue weighted by Gasteiger charge is -2.39. The molecule has 0 fully saturated rings. The number of hydrogen-bond donors (Lipinski definition) is 2. The number of sulfone groups is 1. The Bertz CT molecular complexity index is 1050. The van der Waals surface area contributed by atoms with E-state index in [0.29, 0.717) is 0 Å². The molecular weight excluding hydrogens is 601 g/mol. The molecular formula is C15H18F13NO6S2. The number of hydrogen-bond acceptors (Lipinski definition) is 5. The molecule has 0 unspecified atom stereocenters. The van der Waals surface area contributed by atoms with Gasteiger partial charge in [-0.1, -0.05) is 0 Å². The fourth-order valence-corrected chi connectivity index (χ4v) is 4.78. The minimum absolute atomic E-state index is 1.02. The molecule has 0 atom stereocenters. The second kappa shape index (κ2) is 10.2. The molecule has 0 aliphatic heterocycles. The van der Waals surface area contributed by atoms with Crippen LogP contribution in [0.5, 0.6) is 0 Å². The fourth-order valence-electron chi connectivity index (χ4n) is 2.52. The first-order chi connectivity index (χ1) is 15.8. The predicted molar refractivity (Wildman–Crippen MR) is 97.3 cm³/mol. The van der Waals surface area contributed by atoms with Gasteiger partial charge in [-0.2, -0.15) is 65.5 Å². The number of halogens is 13. The van der Waals surface area contributed by atoms with E-state index in [0.717, 1.165) is 13.8 Å². The largest absolute Gasteiger partial charge is 0.460 e. The number of rotatable bonds is 13. The normalized spacial score (nSPS) is 15.6. The molecule has 0 aromatic rings. The van der Waals surface area contributed by atoms with Crippen molar-refractivity contribution >= 4 is 25.9 Å². The van der Waals surface area contributed by atoms with Gasteiger partial charge in [-0.3, -0.25) is 9.35 Å². The fraction of sp³-hybridized carbons (Fsp3) is 0.933. The summed E-state index contributed by atoms with van der Waals surface area (Å²) in [6.45, 7) is 2.04. The van der Waals surface area contributed by atoms with Gasteiger partial charge in [-0.15, -0.1) is 0 Å². The van der Waals surface area contributed by atoms with E-state index in [2.05, 4.69) is 0 Å². The standard InChI is InChI=1S/C15H18F13NO6S2/c1-9(2,7-37(33,34)35)29-8(30)3-5-36(31,32)6-4-10(16,17)11(18,19)12(20,21)13(22,23)14(24,25)15(26,27)28/h3-7H2,1-2H3,(H,29,30)(H,33,34,35). The maximum absolute atomic E-state index is 13.7. The van der Waals surface area contributed by atoms with E-state index < -0.39 is 97.3 Å². The molecule has 0 radical (unpaired) electrons. The molecule has 0 rings (SSSR count). The molecule has 0 aromatic carbocycles. The Labute approximate surface area is 200 Å². The van der Waals surface area contributed by atoms with Crippen molar-refractivity contribution in [1.29, 1.82) is 0 Å². The minimum atomic E-state index is -8.11. The van der Waals surface area contributed by atoms with Crippen LogP contribution in [0, 0.1) is 0 Å². The zero-order valence-electron chi connectivity index (χ0n) is 18.3. The summed E-state index contributed by atoms with van der Waals surface area (Å²) in [7, 11) is -9.76. The van der Waals surface area contributed by atoms with Gasteiger partial charge in [0.2, 0.25) is 5.91 Å². The molecule has 0 aromatic heterocycles. The molecule has 0 spiro atoms. The van der Waals surface area contributed by atoms with E-state index in [4.69, 9.17) is 4.55 Å². The van der Waals surface area contributed by atoms with Crippen LogP contribution < -0.4 is 5.32 Å². The van der Waals surface area contributed by atoms with Gasteiger partial charge in [0.15, 0.2) is 9.84 Å². The zero-order valence-corrected chi connectivity index (χ0v) is 19.9. The highest BCUT2D eigenvalue weighted by molar-refractivity contribution is 7.91. The Morgan fingerprint density at radius 1 is 0.703 bits per heavy atom. The predicted octanol–water partition coefficient (Wildman–Crippen LogP) is 3.70. The summed E-state index contributed by atoms with van der Waals surface area (Å²) in [6, 6.07) is 0. The Hall–Kier alpha value is -1.58. The van der Waals surface area contributed by atoms with Crippen molar-refractivity contribution < 1.29 is 83.3 Å². The number of carbonyl (C=O) groups excluding carboxylic acids is 1. The first-order valence-electron chi connectivity index (χ1n) is 9.19. The van der Waals surface area contributed by atoms with Crippen LogP contribution in [0.2, 0.25) is 0 Å². The average Bonchev–Trinajstić information content (AvgIpc) is 2.61. The van der Waals surface area contributed by atoms with Crippen LogP contribution in [0.4, 0.5) is 57.1 Å². The molecule has 1 amide bonds. The highest BCUT2D eigenvalue weighted by atomic mass is 32.2. The van der Waals surface area contributed by atoms with Crippen LogP contribution in [-0.2, 0) is 24.7 Å². The summed E-state index contributed by atoms with van der Waals surface area (Å²) in [4.78, 5) is 11.7. The Morgan fingerprint density at radius 2 is 1.11 bits per heavy atom. The van der Waals surface area contributed by atoms with Crippen LogP contribution in [0.1, 0.15) is 26.7 Å². The summed E-state index contributed by atoms with van der Waals surface area (Å²) in [6.07, 6.45) is -11.7. The van der Waals surface area contributed by atoms with Crippen LogP contribution in [-0.4, -0.2) is 85.9 Å². The van der Waals surface area contributed by atoms with Crippen molar-refractivity contribution in [3.05, 3.63) is 0 Å². The van der Waals surface area contributed by atoms with Gasteiger partial charge < -0.3 is 5.32 Å². The van der Waals surface area contributed by atoms with E-state index in [-0.39, 0.29) is 0 Å². The molecule has 37 heavy (non-hydrogen) atoms. The minimum Gasteiger partial charge on any atom is -0.350 e. The third-order valence-corrected chi connectivity index (χ3v) is 7.13. The Balaban J connectivity index is 5.61. The molecule has 0 saturated carbocycles. The van der Waals surface area contributed by atoms with Gasteiger partial charge in [-0.05, 0) is 13.8 Å². The third-order valence-electron chi connectivity index (χ3n) is 4.39. The lowest BCUT2D eigenvalue weighted by molar-refractivity contribution is -0.439. The molecule has 0 aliphatic carbocycles. The maximum Gasteiger partial charge on any atom is 0.460 e. The lowest BCUT2D eigenvalue weighted by atomic mass is 9.93. The smallest absolute Gasteiger partial charge is 0.350 e. The number of amides is 1. The van der Waals surface area contributed by atoms with E-state index in [1.165, 1.54) is 0 Å². The zero-order chi connectivity index (χ0) is 30.3. The summed E-state index contributed by atoms with van der Waals surface area (Å²) in [5.74, 6) is -44.5. The van der Waals surface area contributed by atoms with Gasteiger partial charge in [-0.25, -0.2) is 8.42 Å². The van der Waals surface area contributed by atoms with Gasteiger partial charge in [0.25, 0.3) is 10.1 Å². The van der Waals surface area contributed by atoms with Crippen LogP contribution in [0.25, 0.3) is 0 Å². The molecule has 0 bridgehead atoms. The summed E-state index contributed by atoms with van der Waals surface area (Å²) in [5, 5.41) is 1.89. The number of carbonyl (C=O) groups is 1. The molecule has 0 heterocycles. The van der Waals surface area contributed by atoms with Gasteiger partial charge in [0, 0.05) is 12.8 Å². The van der Waals surface area contributed by atoms with Crippen molar-refractivity contribution in [3.63, 3.8) is 0 Å².